The van der Waals surface area contributed by atoms with Crippen LogP contribution in [0.25, 0.3) is 11.3 Å². The fourth-order valence-electron chi connectivity index (χ4n) is 6.25. The summed E-state index contributed by atoms with van der Waals surface area (Å²) >= 11 is 0. The maximum absolute atomic E-state index is 14.0. The average molecular weight is 529 g/mol. The predicted molar refractivity (Wildman–Crippen MR) is 142 cm³/mol. The summed E-state index contributed by atoms with van der Waals surface area (Å²) in [5.41, 5.74) is 3.03. The summed E-state index contributed by atoms with van der Waals surface area (Å²) < 4.78 is 13.0. The van der Waals surface area contributed by atoms with E-state index in [0.717, 1.165) is 71.6 Å². The van der Waals surface area contributed by atoms with Crippen molar-refractivity contribution in [1.29, 1.82) is 0 Å². The van der Waals surface area contributed by atoms with Crippen LogP contribution in [-0.2, 0) is 21.5 Å². The molecule has 3 aliphatic heterocycles. The van der Waals surface area contributed by atoms with Crippen LogP contribution in [0.2, 0.25) is 0 Å². The standard InChI is InChI=1S/C32H33N2O3.ClH/c1-32(26-13-7-3-8-14-26,27-15-9-4-10-16-27)31(35)36-30-23-34(19-17-25(30)18-20-34)22-28-21-29(37-33-28)24-11-5-2-6-12-24;/h2-16,21,25,30H,17-20,22-23H2,1H3;1H/q+1;/p-1/t25?,30-,34?;/m0./s1. The van der Waals surface area contributed by atoms with Gasteiger partial charge >= 0.3 is 5.97 Å². The van der Waals surface area contributed by atoms with Crippen molar-refractivity contribution in [2.75, 3.05) is 19.6 Å². The number of esters is 1. The number of hydrogen-bond donors (Lipinski definition) is 0. The Morgan fingerprint density at radius 1 is 0.921 bits per heavy atom. The molecule has 0 saturated carbocycles. The molecular formula is C32H33ClN2O3. The topological polar surface area (TPSA) is 52.3 Å². The fraction of sp³-hybridized carbons (Fsp3) is 0.312. The molecule has 3 fully saturated rings. The van der Waals surface area contributed by atoms with Crippen LogP contribution in [0.3, 0.4) is 0 Å². The summed E-state index contributed by atoms with van der Waals surface area (Å²) in [7, 11) is 0. The minimum atomic E-state index is -0.865. The van der Waals surface area contributed by atoms with Crippen molar-refractivity contribution in [3.8, 4) is 11.3 Å². The third-order valence-electron chi connectivity index (χ3n) is 8.53. The summed E-state index contributed by atoms with van der Waals surface area (Å²) in [6.45, 7) is 5.78. The lowest BCUT2D eigenvalue weighted by molar-refractivity contribution is -0.958. The van der Waals surface area contributed by atoms with E-state index in [9.17, 15) is 4.79 Å². The van der Waals surface area contributed by atoms with Crippen molar-refractivity contribution in [1.82, 2.24) is 5.16 Å². The number of fused-ring (bicyclic) bond motifs is 3. The average Bonchev–Trinajstić information content (AvgIpc) is 3.42. The molecule has 0 radical (unpaired) electrons. The Morgan fingerprint density at radius 2 is 1.47 bits per heavy atom. The summed E-state index contributed by atoms with van der Waals surface area (Å²) in [4.78, 5) is 14.0. The number of benzene rings is 3. The molecule has 196 valence electrons. The molecule has 6 heteroatoms. The van der Waals surface area contributed by atoms with Crippen molar-refractivity contribution in [3.63, 3.8) is 0 Å². The molecule has 38 heavy (non-hydrogen) atoms. The van der Waals surface area contributed by atoms with E-state index >= 15 is 0 Å². The van der Waals surface area contributed by atoms with E-state index in [-0.39, 0.29) is 24.5 Å². The molecule has 1 atom stereocenters. The Bertz CT molecular complexity index is 1310. The van der Waals surface area contributed by atoms with Crippen LogP contribution in [-0.4, -0.2) is 41.3 Å². The normalized spacial score (nSPS) is 22.4. The van der Waals surface area contributed by atoms with E-state index in [1.807, 2.05) is 97.9 Å². The molecule has 0 spiro atoms. The van der Waals surface area contributed by atoms with Gasteiger partial charge in [-0.1, -0.05) is 96.2 Å². The van der Waals surface area contributed by atoms with Crippen LogP contribution in [0.15, 0.2) is 102 Å². The summed E-state index contributed by atoms with van der Waals surface area (Å²) in [5.74, 6) is 1.04. The van der Waals surface area contributed by atoms with Gasteiger partial charge in [0.05, 0.1) is 13.1 Å². The first-order valence-electron chi connectivity index (χ1n) is 13.2. The lowest BCUT2D eigenvalue weighted by Crippen LogP contribution is -3.00. The first kappa shape index (κ1) is 26.2. The number of carbonyl (C=O) groups excluding carboxylic acids is 1. The molecule has 1 aromatic heterocycles. The van der Waals surface area contributed by atoms with Crippen molar-refractivity contribution in [2.24, 2.45) is 5.92 Å². The SMILES string of the molecule is CC(C(=O)O[C@H]1C[N+]2(Cc3cc(-c4ccccc4)on3)CCC1CC2)(c1ccccc1)c1ccccc1.[Cl-]. The van der Waals surface area contributed by atoms with E-state index in [1.165, 1.54) is 0 Å². The van der Waals surface area contributed by atoms with E-state index in [2.05, 4.69) is 11.2 Å². The minimum Gasteiger partial charge on any atom is -1.00 e. The van der Waals surface area contributed by atoms with Crippen LogP contribution in [0, 0.1) is 5.92 Å². The Kier molecular flexibility index (Phi) is 7.42. The molecule has 5 nitrogen and oxygen atoms in total. The molecule has 3 aliphatic rings. The van der Waals surface area contributed by atoms with E-state index < -0.39 is 5.41 Å². The number of quaternary nitrogens is 1. The van der Waals surface area contributed by atoms with Crippen LogP contribution in [0.1, 0.15) is 36.6 Å². The number of rotatable bonds is 7. The van der Waals surface area contributed by atoms with Crippen LogP contribution < -0.4 is 12.4 Å². The van der Waals surface area contributed by atoms with Crippen molar-refractivity contribution in [3.05, 3.63) is 114 Å². The maximum Gasteiger partial charge on any atom is 0.321 e. The van der Waals surface area contributed by atoms with Crippen LogP contribution >= 0.6 is 0 Å². The quantitative estimate of drug-likeness (QED) is 0.273. The molecule has 3 saturated heterocycles. The van der Waals surface area contributed by atoms with E-state index in [1.54, 1.807) is 0 Å². The smallest absolute Gasteiger partial charge is 0.321 e. The zero-order valence-corrected chi connectivity index (χ0v) is 22.4. The van der Waals surface area contributed by atoms with Gasteiger partial charge in [-0.15, -0.1) is 0 Å². The molecule has 0 amide bonds. The third kappa shape index (κ3) is 4.89. The number of halogens is 1. The molecule has 0 unspecified atom stereocenters. The van der Waals surface area contributed by atoms with E-state index in [4.69, 9.17) is 9.26 Å². The predicted octanol–water partition coefficient (Wildman–Crippen LogP) is 3.00. The number of hydrogen-bond acceptors (Lipinski definition) is 4. The Morgan fingerprint density at radius 3 is 2.05 bits per heavy atom. The Hall–Kier alpha value is -3.41. The van der Waals surface area contributed by atoms with Crippen LogP contribution in [0.5, 0.6) is 0 Å². The summed E-state index contributed by atoms with van der Waals surface area (Å²) in [6, 6.07) is 32.1. The first-order chi connectivity index (χ1) is 18.1. The highest BCUT2D eigenvalue weighted by molar-refractivity contribution is 5.87. The lowest BCUT2D eigenvalue weighted by Gasteiger charge is -2.52. The van der Waals surface area contributed by atoms with Gasteiger partial charge in [-0.3, -0.25) is 4.79 Å². The molecule has 0 N–H and O–H groups in total. The second kappa shape index (κ2) is 10.8. The molecule has 2 bridgehead atoms. The van der Waals surface area contributed by atoms with Crippen molar-refractivity contribution in [2.45, 2.75) is 37.8 Å². The first-order valence-corrected chi connectivity index (χ1v) is 13.2. The lowest BCUT2D eigenvalue weighted by atomic mass is 9.76. The minimum absolute atomic E-state index is 0. The highest BCUT2D eigenvalue weighted by Gasteiger charge is 2.50. The highest BCUT2D eigenvalue weighted by atomic mass is 35.5. The maximum atomic E-state index is 14.0. The van der Waals surface area contributed by atoms with Gasteiger partial charge < -0.3 is 26.2 Å². The van der Waals surface area contributed by atoms with Gasteiger partial charge in [-0.2, -0.15) is 0 Å². The van der Waals surface area contributed by atoms with Gasteiger partial charge in [0.2, 0.25) is 0 Å². The zero-order chi connectivity index (χ0) is 25.3. The number of aromatic nitrogens is 1. The van der Waals surface area contributed by atoms with Gasteiger partial charge in [0.15, 0.2) is 11.9 Å². The van der Waals surface area contributed by atoms with E-state index in [0.29, 0.717) is 5.92 Å². The van der Waals surface area contributed by atoms with Gasteiger partial charge in [-0.05, 0) is 18.1 Å². The number of nitrogens with zero attached hydrogens (tertiary/aromatic N) is 2. The molecule has 4 heterocycles. The van der Waals surface area contributed by atoms with Crippen LogP contribution in [0.4, 0.5) is 0 Å². The highest BCUT2D eigenvalue weighted by Crippen LogP contribution is 2.40. The van der Waals surface area contributed by atoms with Crippen molar-refractivity contribution < 1.29 is 30.9 Å². The van der Waals surface area contributed by atoms with Gasteiger partial charge in [0, 0.05) is 30.4 Å². The largest absolute Gasteiger partial charge is 1.00 e. The number of ether oxygens (including phenoxy) is 1. The molecule has 3 aromatic carbocycles. The zero-order valence-electron chi connectivity index (χ0n) is 21.6. The van der Waals surface area contributed by atoms with Crippen molar-refractivity contribution >= 4 is 5.97 Å². The fourth-order valence-corrected chi connectivity index (χ4v) is 6.25. The molecular weight excluding hydrogens is 496 g/mol. The number of carbonyl (C=O) groups is 1. The monoisotopic (exact) mass is 528 g/mol. The Balaban J connectivity index is 0.00000294. The summed E-state index contributed by atoms with van der Waals surface area (Å²) in [6.07, 6.45) is 2.03. The molecule has 4 aromatic rings. The number of piperidine rings is 3. The molecule has 0 aliphatic carbocycles. The second-order valence-corrected chi connectivity index (χ2v) is 10.8. The van der Waals surface area contributed by atoms with Gasteiger partial charge in [-0.25, -0.2) is 0 Å². The Labute approximate surface area is 230 Å². The summed E-state index contributed by atoms with van der Waals surface area (Å²) in [5, 5.41) is 4.40. The second-order valence-electron chi connectivity index (χ2n) is 10.8. The van der Waals surface area contributed by atoms with Gasteiger partial charge in [0.1, 0.15) is 24.2 Å². The van der Waals surface area contributed by atoms with Gasteiger partial charge in [0.25, 0.3) is 0 Å². The third-order valence-corrected chi connectivity index (χ3v) is 8.53. The molecule has 7 rings (SSSR count).